The van der Waals surface area contributed by atoms with Crippen LogP contribution in [0, 0.1) is 5.92 Å². The maximum absolute atomic E-state index is 12.4. The number of phenols is 1. The van der Waals surface area contributed by atoms with Crippen LogP contribution in [-0.4, -0.2) is 30.6 Å². The second-order valence-corrected chi connectivity index (χ2v) is 5.65. The molecule has 1 aliphatic heterocycles. The molecule has 1 atom stereocenters. The van der Waals surface area contributed by atoms with Gasteiger partial charge in [0.2, 0.25) is 11.8 Å². The summed E-state index contributed by atoms with van der Waals surface area (Å²) < 4.78 is 5.17. The Bertz CT molecular complexity index is 775. The van der Waals surface area contributed by atoms with E-state index < -0.39 is 5.92 Å². The van der Waals surface area contributed by atoms with Gasteiger partial charge in [0, 0.05) is 36.5 Å². The fraction of sp³-hybridized carbons (Fsp3) is 0.222. The monoisotopic (exact) mass is 326 g/mol. The zero-order valence-electron chi connectivity index (χ0n) is 13.2. The smallest absolute Gasteiger partial charge is 0.229 e. The maximum atomic E-state index is 12.4. The van der Waals surface area contributed by atoms with Crippen molar-refractivity contribution in [2.45, 2.75) is 6.42 Å². The molecular formula is C18H18N2O4. The van der Waals surface area contributed by atoms with E-state index in [0.717, 1.165) is 0 Å². The Kier molecular flexibility index (Phi) is 4.37. The Hall–Kier alpha value is -3.02. The Morgan fingerprint density at radius 3 is 2.79 bits per heavy atom. The van der Waals surface area contributed by atoms with E-state index in [0.29, 0.717) is 23.7 Å². The number of hydrogen-bond donors (Lipinski definition) is 2. The van der Waals surface area contributed by atoms with Gasteiger partial charge in [-0.2, -0.15) is 0 Å². The molecule has 0 spiro atoms. The first-order chi connectivity index (χ1) is 11.6. The summed E-state index contributed by atoms with van der Waals surface area (Å²) in [6.07, 6.45) is 0.155. The first-order valence-electron chi connectivity index (χ1n) is 7.61. The summed E-state index contributed by atoms with van der Waals surface area (Å²) in [6, 6.07) is 13.5. The van der Waals surface area contributed by atoms with Crippen molar-refractivity contribution in [3.05, 3.63) is 48.5 Å². The number of carbonyl (C=O) groups excluding carboxylic acids is 2. The highest BCUT2D eigenvalue weighted by Crippen LogP contribution is 2.28. The van der Waals surface area contributed by atoms with Gasteiger partial charge in [-0.15, -0.1) is 0 Å². The van der Waals surface area contributed by atoms with Gasteiger partial charge < -0.3 is 20.1 Å². The van der Waals surface area contributed by atoms with Crippen molar-refractivity contribution in [2.24, 2.45) is 5.92 Å². The summed E-state index contributed by atoms with van der Waals surface area (Å²) >= 11 is 0. The first kappa shape index (κ1) is 15.9. The van der Waals surface area contributed by atoms with Gasteiger partial charge in [-0.1, -0.05) is 12.1 Å². The largest absolute Gasteiger partial charge is 0.508 e. The van der Waals surface area contributed by atoms with Crippen LogP contribution in [0.15, 0.2) is 48.5 Å². The van der Waals surface area contributed by atoms with E-state index in [1.54, 1.807) is 36.3 Å². The third-order valence-corrected chi connectivity index (χ3v) is 3.97. The Balaban J connectivity index is 1.70. The summed E-state index contributed by atoms with van der Waals surface area (Å²) in [5.41, 5.74) is 1.22. The van der Waals surface area contributed by atoms with E-state index in [9.17, 15) is 14.7 Å². The van der Waals surface area contributed by atoms with E-state index in [1.165, 1.54) is 12.1 Å². The minimum absolute atomic E-state index is 0.0771. The van der Waals surface area contributed by atoms with Crippen molar-refractivity contribution < 1.29 is 19.4 Å². The van der Waals surface area contributed by atoms with Crippen LogP contribution in [0.1, 0.15) is 6.42 Å². The molecule has 6 nitrogen and oxygen atoms in total. The molecule has 1 fully saturated rings. The quantitative estimate of drug-likeness (QED) is 0.904. The third-order valence-electron chi connectivity index (χ3n) is 3.97. The van der Waals surface area contributed by atoms with Crippen molar-refractivity contribution in [3.63, 3.8) is 0 Å². The van der Waals surface area contributed by atoms with Gasteiger partial charge in [0.1, 0.15) is 11.5 Å². The molecule has 124 valence electrons. The Labute approximate surface area is 139 Å². The molecule has 0 aromatic heterocycles. The van der Waals surface area contributed by atoms with Gasteiger partial charge in [-0.25, -0.2) is 0 Å². The topological polar surface area (TPSA) is 78.9 Å². The zero-order valence-corrected chi connectivity index (χ0v) is 13.2. The third kappa shape index (κ3) is 3.32. The number of amides is 2. The van der Waals surface area contributed by atoms with Gasteiger partial charge in [0.15, 0.2) is 0 Å². The van der Waals surface area contributed by atoms with Gasteiger partial charge >= 0.3 is 0 Å². The summed E-state index contributed by atoms with van der Waals surface area (Å²) in [5.74, 6) is -0.0361. The second kappa shape index (κ2) is 6.62. The number of ether oxygens (including phenoxy) is 1. The van der Waals surface area contributed by atoms with Crippen molar-refractivity contribution in [2.75, 3.05) is 23.9 Å². The van der Waals surface area contributed by atoms with Crippen LogP contribution in [0.3, 0.4) is 0 Å². The van der Waals surface area contributed by atoms with E-state index in [2.05, 4.69) is 5.32 Å². The molecule has 3 rings (SSSR count). The molecule has 1 saturated heterocycles. The fourth-order valence-corrected chi connectivity index (χ4v) is 2.74. The van der Waals surface area contributed by atoms with E-state index in [1.807, 2.05) is 12.1 Å². The number of benzene rings is 2. The van der Waals surface area contributed by atoms with Crippen LogP contribution >= 0.6 is 0 Å². The fourth-order valence-electron chi connectivity index (χ4n) is 2.74. The molecule has 0 saturated carbocycles. The summed E-state index contributed by atoms with van der Waals surface area (Å²) in [7, 11) is 1.57. The van der Waals surface area contributed by atoms with Gasteiger partial charge in [-0.05, 0) is 24.3 Å². The summed E-state index contributed by atoms with van der Waals surface area (Å²) in [5, 5.41) is 12.2. The molecular weight excluding hydrogens is 308 g/mol. The predicted molar refractivity (Wildman–Crippen MR) is 90.2 cm³/mol. The predicted octanol–water partition coefficient (Wildman–Crippen LogP) is 2.39. The number of nitrogens with zero attached hydrogens (tertiary/aromatic N) is 1. The highest BCUT2D eigenvalue weighted by atomic mass is 16.5. The average Bonchev–Trinajstić information content (AvgIpc) is 2.97. The highest BCUT2D eigenvalue weighted by molar-refractivity contribution is 6.03. The average molecular weight is 326 g/mol. The van der Waals surface area contributed by atoms with Crippen molar-refractivity contribution in [1.82, 2.24) is 0 Å². The second-order valence-electron chi connectivity index (χ2n) is 5.65. The minimum atomic E-state index is -0.439. The Morgan fingerprint density at radius 1 is 1.25 bits per heavy atom. The molecule has 0 aliphatic carbocycles. The van der Waals surface area contributed by atoms with Crippen LogP contribution in [-0.2, 0) is 9.59 Å². The lowest BCUT2D eigenvalue weighted by Gasteiger charge is -2.17. The molecule has 2 amide bonds. The van der Waals surface area contributed by atoms with E-state index >= 15 is 0 Å². The molecule has 2 aromatic rings. The number of hydrogen-bond acceptors (Lipinski definition) is 4. The molecule has 24 heavy (non-hydrogen) atoms. The van der Waals surface area contributed by atoms with Gasteiger partial charge in [-0.3, -0.25) is 9.59 Å². The lowest BCUT2D eigenvalue weighted by atomic mass is 10.1. The lowest BCUT2D eigenvalue weighted by Crippen LogP contribution is -2.28. The molecule has 2 N–H and O–H groups in total. The SMILES string of the molecule is COc1cccc(N2C[C@H](C(=O)Nc3cccc(O)c3)CC2=O)c1. The maximum Gasteiger partial charge on any atom is 0.229 e. The van der Waals surface area contributed by atoms with Crippen LogP contribution in [0.4, 0.5) is 11.4 Å². The highest BCUT2D eigenvalue weighted by Gasteiger charge is 2.35. The van der Waals surface area contributed by atoms with Crippen LogP contribution in [0.5, 0.6) is 11.5 Å². The molecule has 1 aliphatic rings. The molecule has 0 unspecified atom stereocenters. The van der Waals surface area contributed by atoms with Crippen LogP contribution < -0.4 is 15.0 Å². The zero-order chi connectivity index (χ0) is 17.1. The number of methoxy groups -OCH3 is 1. The molecule has 1 heterocycles. The van der Waals surface area contributed by atoms with Crippen LogP contribution in [0.2, 0.25) is 0 Å². The number of phenolic OH excluding ortho intramolecular Hbond substituents is 1. The van der Waals surface area contributed by atoms with Crippen molar-refractivity contribution in [1.29, 1.82) is 0 Å². The molecule has 6 heteroatoms. The number of carbonyl (C=O) groups is 2. The normalized spacial score (nSPS) is 17.0. The van der Waals surface area contributed by atoms with Gasteiger partial charge in [0.25, 0.3) is 0 Å². The standard InChI is InChI=1S/C18H18N2O4/c1-24-16-7-3-5-14(10-16)20-11-12(8-17(20)22)18(23)19-13-4-2-6-15(21)9-13/h2-7,9-10,12,21H,8,11H2,1H3,(H,19,23)/t12-/m1/s1. The molecule has 0 radical (unpaired) electrons. The van der Waals surface area contributed by atoms with E-state index in [-0.39, 0.29) is 24.0 Å². The summed E-state index contributed by atoms with van der Waals surface area (Å²) in [4.78, 5) is 26.2. The van der Waals surface area contributed by atoms with Gasteiger partial charge in [0.05, 0.1) is 13.0 Å². The van der Waals surface area contributed by atoms with Crippen LogP contribution in [0.25, 0.3) is 0 Å². The minimum Gasteiger partial charge on any atom is -0.508 e. The molecule has 2 aromatic carbocycles. The lowest BCUT2D eigenvalue weighted by molar-refractivity contribution is -0.122. The van der Waals surface area contributed by atoms with Crippen molar-refractivity contribution >= 4 is 23.2 Å². The Morgan fingerprint density at radius 2 is 2.04 bits per heavy atom. The number of aromatic hydroxyl groups is 1. The number of nitrogens with one attached hydrogen (secondary N) is 1. The van der Waals surface area contributed by atoms with E-state index in [4.69, 9.17) is 4.74 Å². The number of rotatable bonds is 4. The molecule has 0 bridgehead atoms. The first-order valence-corrected chi connectivity index (χ1v) is 7.61. The number of anilines is 2. The summed E-state index contributed by atoms with van der Waals surface area (Å²) in [6.45, 7) is 0.316. The van der Waals surface area contributed by atoms with Crippen molar-refractivity contribution in [3.8, 4) is 11.5 Å².